The smallest absolute Gasteiger partial charge is 0.371 e. The van der Waals surface area contributed by atoms with Gasteiger partial charge in [0.2, 0.25) is 11.7 Å². The van der Waals surface area contributed by atoms with Gasteiger partial charge in [-0.2, -0.15) is 0 Å². The van der Waals surface area contributed by atoms with Crippen molar-refractivity contribution in [1.29, 1.82) is 0 Å². The fourth-order valence-corrected chi connectivity index (χ4v) is 2.52. The van der Waals surface area contributed by atoms with Crippen LogP contribution >= 0.6 is 0 Å². The lowest BCUT2D eigenvalue weighted by atomic mass is 10.2. The molecule has 1 saturated carbocycles. The molecule has 0 unspecified atom stereocenters. The zero-order valence-electron chi connectivity index (χ0n) is 13.6. The maximum atomic E-state index is 12.2. The van der Waals surface area contributed by atoms with Crippen LogP contribution in [0.3, 0.4) is 0 Å². The molecule has 1 heterocycles. The van der Waals surface area contributed by atoms with Gasteiger partial charge in [0.1, 0.15) is 5.76 Å². The van der Waals surface area contributed by atoms with E-state index in [9.17, 15) is 14.4 Å². The van der Waals surface area contributed by atoms with Crippen LogP contribution < -0.4 is 10.6 Å². The first kappa shape index (κ1) is 16.8. The second-order valence-electron chi connectivity index (χ2n) is 6.14. The lowest BCUT2D eigenvalue weighted by Crippen LogP contribution is -2.23. The number of carbonyl (C=O) groups excluding carboxylic acids is 2. The summed E-state index contributed by atoms with van der Waals surface area (Å²) in [5.41, 5.74) is 0.967. The van der Waals surface area contributed by atoms with E-state index in [1.165, 1.54) is 12.1 Å². The zero-order valence-corrected chi connectivity index (χ0v) is 13.6. The molecule has 7 heteroatoms. The molecule has 2 aromatic rings. The molecule has 0 spiro atoms. The van der Waals surface area contributed by atoms with Gasteiger partial charge in [0, 0.05) is 17.2 Å². The van der Waals surface area contributed by atoms with Gasteiger partial charge in [-0.3, -0.25) is 9.59 Å². The third-order valence-corrected chi connectivity index (χ3v) is 4.13. The summed E-state index contributed by atoms with van der Waals surface area (Å²) in [6.07, 6.45) is 0.896. The standard InChI is InChI=1S/C18H18N2O5/c1-10-7-14(10)17(22)20-12-4-2-3-11(8-12)16(21)19-9-13-5-6-15(25-13)18(23)24/h2-6,8,10,14H,7,9H2,1H3,(H,19,21)(H,20,22)(H,23,24)/t10-,14+/m1/s1. The number of nitrogens with one attached hydrogen (secondary N) is 2. The summed E-state index contributed by atoms with van der Waals surface area (Å²) < 4.78 is 5.08. The number of hydrogen-bond donors (Lipinski definition) is 3. The topological polar surface area (TPSA) is 109 Å². The Morgan fingerprint density at radius 2 is 2.00 bits per heavy atom. The summed E-state index contributed by atoms with van der Waals surface area (Å²) in [4.78, 5) is 34.9. The van der Waals surface area contributed by atoms with Crippen molar-refractivity contribution < 1.29 is 23.9 Å². The van der Waals surface area contributed by atoms with Gasteiger partial charge in [-0.15, -0.1) is 0 Å². The minimum atomic E-state index is -1.16. The maximum absolute atomic E-state index is 12.2. The van der Waals surface area contributed by atoms with E-state index in [0.29, 0.717) is 22.9 Å². The highest BCUT2D eigenvalue weighted by atomic mass is 16.4. The largest absolute Gasteiger partial charge is 0.475 e. The Balaban J connectivity index is 1.58. The maximum Gasteiger partial charge on any atom is 0.371 e. The second-order valence-corrected chi connectivity index (χ2v) is 6.14. The highest BCUT2D eigenvalue weighted by Gasteiger charge is 2.39. The molecule has 1 aliphatic carbocycles. The number of carboxylic acid groups (broad SMARTS) is 1. The molecule has 0 saturated heterocycles. The van der Waals surface area contributed by atoms with Crippen molar-refractivity contribution in [2.75, 3.05) is 5.32 Å². The molecule has 1 fully saturated rings. The molecule has 3 N–H and O–H groups in total. The van der Waals surface area contributed by atoms with Crippen molar-refractivity contribution in [1.82, 2.24) is 5.32 Å². The highest BCUT2D eigenvalue weighted by Crippen LogP contribution is 2.38. The van der Waals surface area contributed by atoms with Crippen LogP contribution in [0.25, 0.3) is 0 Å². The van der Waals surface area contributed by atoms with Gasteiger partial charge in [0.15, 0.2) is 0 Å². The summed E-state index contributed by atoms with van der Waals surface area (Å²) in [6.45, 7) is 2.10. The normalized spacial score (nSPS) is 18.4. The fraction of sp³-hybridized carbons (Fsp3) is 0.278. The molecule has 7 nitrogen and oxygen atoms in total. The average molecular weight is 342 g/mol. The molecule has 2 amide bonds. The first-order valence-corrected chi connectivity index (χ1v) is 7.95. The van der Waals surface area contributed by atoms with Crippen molar-refractivity contribution in [2.24, 2.45) is 11.8 Å². The van der Waals surface area contributed by atoms with E-state index in [-0.39, 0.29) is 30.0 Å². The first-order valence-electron chi connectivity index (χ1n) is 7.95. The van der Waals surface area contributed by atoms with E-state index in [2.05, 4.69) is 10.6 Å². The lowest BCUT2D eigenvalue weighted by Gasteiger charge is -2.07. The molecular weight excluding hydrogens is 324 g/mol. The van der Waals surface area contributed by atoms with Gasteiger partial charge in [0.05, 0.1) is 6.54 Å². The Morgan fingerprint density at radius 3 is 2.64 bits per heavy atom. The number of anilines is 1. The summed E-state index contributed by atoms with van der Waals surface area (Å²) in [5.74, 6) is -0.895. The van der Waals surface area contributed by atoms with E-state index in [0.717, 1.165) is 6.42 Å². The second kappa shape index (κ2) is 6.80. The van der Waals surface area contributed by atoms with Gasteiger partial charge in [-0.1, -0.05) is 13.0 Å². The third kappa shape index (κ3) is 4.06. The van der Waals surface area contributed by atoms with Gasteiger partial charge in [0.25, 0.3) is 5.91 Å². The number of carboxylic acids is 1. The van der Waals surface area contributed by atoms with Crippen molar-refractivity contribution >= 4 is 23.5 Å². The monoisotopic (exact) mass is 342 g/mol. The summed E-state index contributed by atoms with van der Waals surface area (Å²) >= 11 is 0. The van der Waals surface area contributed by atoms with E-state index >= 15 is 0 Å². The molecule has 1 aromatic heterocycles. The molecule has 1 aromatic carbocycles. The summed E-state index contributed by atoms with van der Waals surface area (Å²) in [7, 11) is 0. The average Bonchev–Trinajstić information content (AvgIpc) is 3.13. The van der Waals surface area contributed by atoms with Crippen LogP contribution in [0.15, 0.2) is 40.8 Å². The number of hydrogen-bond acceptors (Lipinski definition) is 4. The van der Waals surface area contributed by atoms with Crippen LogP contribution in [0.5, 0.6) is 0 Å². The number of furan rings is 1. The molecule has 25 heavy (non-hydrogen) atoms. The van der Waals surface area contributed by atoms with Gasteiger partial charge in [-0.05, 0) is 42.7 Å². The molecule has 0 bridgehead atoms. The Hall–Kier alpha value is -3.09. The minimum absolute atomic E-state index is 0.0261. The quantitative estimate of drug-likeness (QED) is 0.747. The molecule has 1 aliphatic rings. The van der Waals surface area contributed by atoms with E-state index < -0.39 is 5.97 Å². The van der Waals surface area contributed by atoms with Crippen LogP contribution in [-0.2, 0) is 11.3 Å². The zero-order chi connectivity index (χ0) is 18.0. The Labute approximate surface area is 144 Å². The van der Waals surface area contributed by atoms with Gasteiger partial charge < -0.3 is 20.2 Å². The van der Waals surface area contributed by atoms with Crippen LogP contribution in [0.2, 0.25) is 0 Å². The predicted octanol–water partition coefficient (Wildman–Crippen LogP) is 2.50. The Kier molecular flexibility index (Phi) is 4.56. The van der Waals surface area contributed by atoms with Crippen LogP contribution in [0, 0.1) is 11.8 Å². The minimum Gasteiger partial charge on any atom is -0.475 e. The predicted molar refractivity (Wildman–Crippen MR) is 89.2 cm³/mol. The number of benzene rings is 1. The Morgan fingerprint density at radius 1 is 1.24 bits per heavy atom. The number of aromatic carboxylic acids is 1. The number of carbonyl (C=O) groups is 3. The van der Waals surface area contributed by atoms with Gasteiger partial charge in [-0.25, -0.2) is 4.79 Å². The molecular formula is C18H18N2O5. The first-order chi connectivity index (χ1) is 11.9. The van der Waals surface area contributed by atoms with Gasteiger partial charge >= 0.3 is 5.97 Å². The van der Waals surface area contributed by atoms with Crippen LogP contribution in [-0.4, -0.2) is 22.9 Å². The SMILES string of the molecule is C[C@@H]1C[C@@H]1C(=O)Nc1cccc(C(=O)NCc2ccc(C(=O)O)o2)c1. The van der Waals surface area contributed by atoms with Crippen molar-refractivity contribution in [3.63, 3.8) is 0 Å². The van der Waals surface area contributed by atoms with E-state index in [4.69, 9.17) is 9.52 Å². The fourth-order valence-electron chi connectivity index (χ4n) is 2.52. The van der Waals surface area contributed by atoms with Crippen LogP contribution in [0.4, 0.5) is 5.69 Å². The lowest BCUT2D eigenvalue weighted by molar-refractivity contribution is -0.117. The van der Waals surface area contributed by atoms with Crippen molar-refractivity contribution in [3.8, 4) is 0 Å². The Bertz CT molecular complexity index is 826. The number of amides is 2. The van der Waals surface area contributed by atoms with E-state index in [1.54, 1.807) is 24.3 Å². The summed E-state index contributed by atoms with van der Waals surface area (Å²) in [5, 5.41) is 14.3. The summed E-state index contributed by atoms with van der Waals surface area (Å²) in [6, 6.07) is 9.49. The van der Waals surface area contributed by atoms with E-state index in [1.807, 2.05) is 6.92 Å². The molecule has 0 aliphatic heterocycles. The highest BCUT2D eigenvalue weighted by molar-refractivity contribution is 5.98. The third-order valence-electron chi connectivity index (χ3n) is 4.13. The van der Waals surface area contributed by atoms with Crippen molar-refractivity contribution in [3.05, 3.63) is 53.5 Å². The molecule has 3 rings (SSSR count). The van der Waals surface area contributed by atoms with Crippen molar-refractivity contribution in [2.45, 2.75) is 19.9 Å². The molecule has 130 valence electrons. The molecule has 0 radical (unpaired) electrons. The number of rotatable bonds is 6. The van der Waals surface area contributed by atoms with Crippen LogP contribution in [0.1, 0.15) is 40.0 Å². The molecule has 2 atom stereocenters.